The van der Waals surface area contributed by atoms with Gasteiger partial charge in [-0.05, 0) is 74.0 Å². The van der Waals surface area contributed by atoms with Crippen molar-refractivity contribution in [3.05, 3.63) is 137 Å². The van der Waals surface area contributed by atoms with Gasteiger partial charge in [-0.25, -0.2) is 4.98 Å². The summed E-state index contributed by atoms with van der Waals surface area (Å²) in [5.74, 6) is 0.551. The highest BCUT2D eigenvalue weighted by Gasteiger charge is 2.25. The lowest BCUT2D eigenvalue weighted by Gasteiger charge is -2.32. The topological polar surface area (TPSA) is 63.1 Å². The molecule has 3 aromatic carbocycles. The van der Waals surface area contributed by atoms with Crippen LogP contribution in [-0.4, -0.2) is 39.0 Å². The second kappa shape index (κ2) is 13.0. The number of nitrogens with zero attached hydrogens (tertiary/aromatic N) is 4. The van der Waals surface area contributed by atoms with Gasteiger partial charge in [0.25, 0.3) is 0 Å². The first-order valence-corrected chi connectivity index (χ1v) is 16.1. The van der Waals surface area contributed by atoms with Crippen molar-refractivity contribution in [2.75, 3.05) is 13.1 Å². The van der Waals surface area contributed by atoms with Gasteiger partial charge < -0.3 is 10.1 Å². The Hall–Kier alpha value is -4.81. The average Bonchev–Trinajstić information content (AvgIpc) is 3.51. The summed E-state index contributed by atoms with van der Waals surface area (Å²) < 4.78 is 2.22. The summed E-state index contributed by atoms with van der Waals surface area (Å²) >= 11 is 0. The number of aryl methyl sites for hydroxylation is 1. The molecule has 1 N–H and O–H groups in total. The van der Waals surface area contributed by atoms with Crippen molar-refractivity contribution in [2.24, 2.45) is 0 Å². The van der Waals surface area contributed by atoms with Gasteiger partial charge in [0, 0.05) is 47.8 Å². The van der Waals surface area contributed by atoms with Gasteiger partial charge in [0.05, 0.1) is 17.1 Å². The minimum Gasteiger partial charge on any atom is -0.378 e. The molecular formula is C39H39N5O. The molecular weight excluding hydrogens is 554 g/mol. The van der Waals surface area contributed by atoms with Crippen molar-refractivity contribution in [2.45, 2.75) is 51.2 Å². The van der Waals surface area contributed by atoms with E-state index in [2.05, 4.69) is 101 Å². The third kappa shape index (κ3) is 6.24. The van der Waals surface area contributed by atoms with E-state index in [4.69, 9.17) is 10.1 Å². The highest BCUT2D eigenvalue weighted by Crippen LogP contribution is 2.36. The number of aldehydes is 1. The van der Waals surface area contributed by atoms with Crippen molar-refractivity contribution in [3.63, 3.8) is 0 Å². The normalized spacial score (nSPS) is 16.7. The lowest BCUT2D eigenvalue weighted by Crippen LogP contribution is -2.33. The van der Waals surface area contributed by atoms with E-state index < -0.39 is 0 Å². The summed E-state index contributed by atoms with van der Waals surface area (Å²) in [4.78, 5) is 19.4. The van der Waals surface area contributed by atoms with Crippen molar-refractivity contribution < 1.29 is 4.79 Å². The largest absolute Gasteiger partial charge is 0.378 e. The number of hydrogen-bond acceptors (Lipinski definition) is 5. The van der Waals surface area contributed by atoms with Crippen molar-refractivity contribution in [1.29, 1.82) is 0 Å². The van der Waals surface area contributed by atoms with E-state index in [9.17, 15) is 4.79 Å². The maximum atomic E-state index is 11.8. The second-order valence-electron chi connectivity index (χ2n) is 12.1. The molecule has 0 amide bonds. The lowest BCUT2D eigenvalue weighted by molar-refractivity contribution is -0.109. The summed E-state index contributed by atoms with van der Waals surface area (Å²) in [6.45, 7) is 6.21. The van der Waals surface area contributed by atoms with Gasteiger partial charge in [0.1, 0.15) is 12.3 Å². The van der Waals surface area contributed by atoms with Crippen LogP contribution in [0, 0.1) is 0 Å². The fourth-order valence-electron chi connectivity index (χ4n) is 6.79. The number of aromatic nitrogens is 3. The molecule has 0 aliphatic carbocycles. The Morgan fingerprint density at radius 2 is 1.60 bits per heavy atom. The molecule has 1 unspecified atom stereocenters. The van der Waals surface area contributed by atoms with Crippen LogP contribution in [0.15, 0.2) is 103 Å². The van der Waals surface area contributed by atoms with Crippen LogP contribution in [0.4, 0.5) is 0 Å². The van der Waals surface area contributed by atoms with Crippen molar-refractivity contribution >= 4 is 12.4 Å². The number of hydrogen-bond donors (Lipinski definition) is 1. The minimum absolute atomic E-state index is 0.389. The summed E-state index contributed by atoms with van der Waals surface area (Å²) in [6, 6.07) is 33.9. The van der Waals surface area contributed by atoms with E-state index in [1.807, 2.05) is 30.5 Å². The second-order valence-corrected chi connectivity index (χ2v) is 12.1. The zero-order valence-electron chi connectivity index (χ0n) is 25.8. The number of carbonyl (C=O) groups excluding carboxylic acids is 1. The Balaban J connectivity index is 1.04. The number of nitrogens with one attached hydrogen (secondary N) is 1. The molecule has 1 fully saturated rings. The first-order valence-electron chi connectivity index (χ1n) is 16.1. The summed E-state index contributed by atoms with van der Waals surface area (Å²) in [7, 11) is 0. The average molecular weight is 594 g/mol. The maximum Gasteiger partial charge on any atom is 0.146 e. The molecule has 5 aromatic rings. The molecule has 1 saturated heterocycles. The molecule has 0 bridgehead atoms. The molecule has 0 saturated carbocycles. The number of rotatable bonds is 9. The fraction of sp³-hybridized carbons (Fsp3) is 0.256. The van der Waals surface area contributed by atoms with Gasteiger partial charge >= 0.3 is 0 Å². The number of pyridine rings is 1. The summed E-state index contributed by atoms with van der Waals surface area (Å²) in [5, 5.41) is 8.09. The van der Waals surface area contributed by atoms with Gasteiger partial charge in [-0.3, -0.25) is 9.58 Å². The predicted octanol–water partition coefficient (Wildman–Crippen LogP) is 7.42. The van der Waals surface area contributed by atoms with Crippen molar-refractivity contribution in [1.82, 2.24) is 25.0 Å². The van der Waals surface area contributed by atoms with Crippen LogP contribution >= 0.6 is 0 Å². The van der Waals surface area contributed by atoms with Gasteiger partial charge in [0.2, 0.25) is 0 Å². The Morgan fingerprint density at radius 3 is 2.31 bits per heavy atom. The molecule has 6 heteroatoms. The Labute approximate surface area is 265 Å². The highest BCUT2D eigenvalue weighted by atomic mass is 16.1. The monoisotopic (exact) mass is 593 g/mol. The first-order chi connectivity index (χ1) is 22.2. The molecule has 2 aliphatic rings. The van der Waals surface area contributed by atoms with E-state index in [1.54, 1.807) is 0 Å². The molecule has 2 aliphatic heterocycles. The molecule has 226 valence electrons. The van der Waals surface area contributed by atoms with Gasteiger partial charge in [-0.2, -0.15) is 5.10 Å². The number of likely N-dealkylation sites (tertiary alicyclic amines) is 1. The third-order valence-corrected chi connectivity index (χ3v) is 9.18. The lowest BCUT2D eigenvalue weighted by atomic mass is 9.92. The quantitative estimate of drug-likeness (QED) is 0.180. The van der Waals surface area contributed by atoms with Gasteiger partial charge in [-0.15, -0.1) is 0 Å². The molecule has 0 radical (unpaired) electrons. The van der Waals surface area contributed by atoms with Crippen LogP contribution in [0.25, 0.3) is 28.5 Å². The number of carbonyl (C=O) groups is 1. The van der Waals surface area contributed by atoms with E-state index in [0.29, 0.717) is 5.92 Å². The van der Waals surface area contributed by atoms with Crippen LogP contribution in [0.3, 0.4) is 0 Å². The van der Waals surface area contributed by atoms with E-state index in [-0.39, 0.29) is 6.04 Å². The van der Waals surface area contributed by atoms with Crippen LogP contribution in [0.5, 0.6) is 0 Å². The molecule has 1 atom stereocenters. The summed E-state index contributed by atoms with van der Waals surface area (Å²) in [5.41, 5.74) is 11.1. The Kier molecular flexibility index (Phi) is 8.39. The SMILES string of the molecule is CCn1nc(Cc2ccccc2)cc1C1CCN(Cc2ccc(-c3nc4c(cc3-c3ccccc3)C(C=O)NC=C4)cc2)CC1. The first kappa shape index (κ1) is 28.9. The molecule has 0 spiro atoms. The third-order valence-electron chi connectivity index (χ3n) is 9.18. The van der Waals surface area contributed by atoms with E-state index in [1.165, 1.54) is 22.5 Å². The minimum atomic E-state index is -0.389. The maximum absolute atomic E-state index is 11.8. The molecule has 6 nitrogen and oxygen atoms in total. The van der Waals surface area contributed by atoms with Gasteiger partial charge in [0.15, 0.2) is 0 Å². The summed E-state index contributed by atoms with van der Waals surface area (Å²) in [6.07, 6.45) is 7.89. The van der Waals surface area contributed by atoms with Crippen LogP contribution in [0.2, 0.25) is 0 Å². The van der Waals surface area contributed by atoms with Crippen LogP contribution < -0.4 is 5.32 Å². The highest BCUT2D eigenvalue weighted by molar-refractivity contribution is 5.84. The number of fused-ring (bicyclic) bond motifs is 1. The van der Waals surface area contributed by atoms with E-state index in [0.717, 1.165) is 85.4 Å². The number of piperidine rings is 1. The zero-order valence-corrected chi connectivity index (χ0v) is 25.8. The Morgan fingerprint density at radius 1 is 0.867 bits per heavy atom. The van der Waals surface area contributed by atoms with E-state index >= 15 is 0 Å². The number of benzene rings is 3. The molecule has 2 aromatic heterocycles. The molecule has 4 heterocycles. The molecule has 45 heavy (non-hydrogen) atoms. The zero-order chi connectivity index (χ0) is 30.6. The van der Waals surface area contributed by atoms with Crippen molar-refractivity contribution in [3.8, 4) is 22.4 Å². The fourth-order valence-corrected chi connectivity index (χ4v) is 6.79. The standard InChI is InChI=1S/C39H39N5O/c1-2-44-38(24-33(42-44)23-28-9-5-3-6-10-28)31-18-21-43(22-19-31)26-29-13-15-32(16-14-29)39-34(30-11-7-4-8-12-30)25-35-36(41-39)17-20-40-37(35)27-45/h3-17,20,24-25,27,31,37,40H,2,18-19,21-23,26H2,1H3. The van der Waals surface area contributed by atoms with Gasteiger partial charge in [-0.1, -0.05) is 84.9 Å². The Bertz CT molecular complexity index is 1790. The smallest absolute Gasteiger partial charge is 0.146 e. The van der Waals surface area contributed by atoms with Crippen LogP contribution in [0.1, 0.15) is 65.5 Å². The molecule has 7 rings (SSSR count). The van der Waals surface area contributed by atoms with Crippen LogP contribution in [-0.2, 0) is 24.3 Å². The predicted molar refractivity (Wildman–Crippen MR) is 180 cm³/mol.